The average molecular weight is 472 g/mol. The summed E-state index contributed by atoms with van der Waals surface area (Å²) in [5, 5.41) is 5.45. The fourth-order valence-electron chi connectivity index (χ4n) is 3.95. The second-order valence-electron chi connectivity index (χ2n) is 8.07. The lowest BCUT2D eigenvalue weighted by Crippen LogP contribution is -2.67. The normalized spacial score (nSPS) is 27.6. The van der Waals surface area contributed by atoms with E-state index in [9.17, 15) is 24.0 Å². The van der Waals surface area contributed by atoms with Crippen LogP contribution >= 0.6 is 0 Å². The maximum Gasteiger partial charge on any atom is 0.317 e. The summed E-state index contributed by atoms with van der Waals surface area (Å²) in [6.45, 7) is 4.22. The van der Waals surface area contributed by atoms with E-state index in [1.807, 2.05) is 0 Å². The first kappa shape index (κ1) is 26.4. The van der Waals surface area contributed by atoms with Crippen LogP contribution in [0, 0.1) is 0 Å². The topological polar surface area (TPSA) is 156 Å². The fraction of sp³-hybridized carbons (Fsp3) is 0.762. The standard InChI is InChI=1S/C21H32N2O10/c1-11(24)29-10-16-17(30-12(2)25)18(31-13(3)26)19(32-14(4)27)20(33-16)23-21(28)22-15-8-6-5-7-9-15/h15-20H,5-10H2,1-4H3,(H2,22,23,28)/t16-,17-,18+,19-,20+/m1/s1. The number of hydrogen-bond donors (Lipinski definition) is 2. The van der Waals surface area contributed by atoms with Gasteiger partial charge in [-0.25, -0.2) is 4.79 Å². The molecule has 33 heavy (non-hydrogen) atoms. The minimum absolute atomic E-state index is 0.00980. The molecule has 12 nitrogen and oxygen atoms in total. The zero-order chi connectivity index (χ0) is 24.5. The van der Waals surface area contributed by atoms with Gasteiger partial charge in [0.2, 0.25) is 0 Å². The lowest BCUT2D eigenvalue weighted by Gasteiger charge is -2.44. The predicted molar refractivity (Wildman–Crippen MR) is 110 cm³/mol. The fourth-order valence-corrected chi connectivity index (χ4v) is 3.95. The summed E-state index contributed by atoms with van der Waals surface area (Å²) >= 11 is 0. The second kappa shape index (κ2) is 12.4. The molecular formula is C21H32N2O10. The summed E-state index contributed by atoms with van der Waals surface area (Å²) in [6.07, 6.45) is -1.53. The monoisotopic (exact) mass is 472 g/mol. The minimum Gasteiger partial charge on any atom is -0.463 e. The average Bonchev–Trinajstić information content (AvgIpc) is 2.70. The third kappa shape index (κ3) is 8.52. The largest absolute Gasteiger partial charge is 0.463 e. The van der Waals surface area contributed by atoms with Crippen LogP contribution in [0.2, 0.25) is 0 Å². The highest BCUT2D eigenvalue weighted by Crippen LogP contribution is 2.28. The van der Waals surface area contributed by atoms with Crippen LogP contribution in [0.5, 0.6) is 0 Å². The number of ether oxygens (including phenoxy) is 5. The van der Waals surface area contributed by atoms with Gasteiger partial charge in [0.1, 0.15) is 12.7 Å². The molecule has 0 spiro atoms. The second-order valence-corrected chi connectivity index (χ2v) is 8.07. The molecule has 0 aromatic carbocycles. The van der Waals surface area contributed by atoms with E-state index in [1.54, 1.807) is 0 Å². The first-order chi connectivity index (χ1) is 15.6. The summed E-state index contributed by atoms with van der Waals surface area (Å²) < 4.78 is 26.8. The number of esters is 4. The SMILES string of the molecule is CC(=O)OC[C@H]1O[C@H](NC(=O)NC2CCCCC2)[C@H](OC(C)=O)[C@@H](OC(C)=O)[C@@H]1OC(C)=O. The zero-order valence-corrected chi connectivity index (χ0v) is 19.3. The molecule has 0 radical (unpaired) electrons. The van der Waals surface area contributed by atoms with Crippen LogP contribution in [0.3, 0.4) is 0 Å². The molecular weight excluding hydrogens is 440 g/mol. The predicted octanol–water partition coefficient (Wildman–Crippen LogP) is 0.701. The number of urea groups is 1. The van der Waals surface area contributed by atoms with Crippen molar-refractivity contribution in [1.29, 1.82) is 0 Å². The number of rotatable bonds is 7. The molecule has 2 N–H and O–H groups in total. The molecule has 2 rings (SSSR count). The Balaban J connectivity index is 2.29. The summed E-state index contributed by atoms with van der Waals surface area (Å²) in [4.78, 5) is 59.3. The van der Waals surface area contributed by atoms with Crippen molar-refractivity contribution in [2.24, 2.45) is 0 Å². The lowest BCUT2D eigenvalue weighted by molar-refractivity contribution is -0.255. The number of carbonyl (C=O) groups excluding carboxylic acids is 5. The van der Waals surface area contributed by atoms with Gasteiger partial charge in [0, 0.05) is 33.7 Å². The molecule has 12 heteroatoms. The van der Waals surface area contributed by atoms with E-state index in [0.29, 0.717) is 0 Å². The van der Waals surface area contributed by atoms with E-state index in [1.165, 1.54) is 6.92 Å². The number of hydrogen-bond acceptors (Lipinski definition) is 10. The van der Waals surface area contributed by atoms with Crippen LogP contribution in [0.1, 0.15) is 59.8 Å². The van der Waals surface area contributed by atoms with Crippen LogP contribution in [-0.2, 0) is 42.9 Å². The molecule has 2 aliphatic rings. The van der Waals surface area contributed by atoms with E-state index in [-0.39, 0.29) is 12.6 Å². The van der Waals surface area contributed by atoms with E-state index >= 15 is 0 Å². The Hall–Kier alpha value is -2.89. The Labute approximate surface area is 192 Å². The van der Waals surface area contributed by atoms with Gasteiger partial charge in [-0.1, -0.05) is 19.3 Å². The van der Waals surface area contributed by atoms with E-state index in [2.05, 4.69) is 10.6 Å². The van der Waals surface area contributed by atoms with Gasteiger partial charge in [0.25, 0.3) is 0 Å². The van der Waals surface area contributed by atoms with Crippen LogP contribution in [-0.4, -0.2) is 73.2 Å². The molecule has 186 valence electrons. The van der Waals surface area contributed by atoms with Gasteiger partial charge in [-0.05, 0) is 12.8 Å². The Morgan fingerprint density at radius 2 is 1.27 bits per heavy atom. The van der Waals surface area contributed by atoms with Crippen molar-refractivity contribution in [3.05, 3.63) is 0 Å². The molecule has 2 fully saturated rings. The minimum atomic E-state index is -1.33. The summed E-state index contributed by atoms with van der Waals surface area (Å²) in [5.41, 5.74) is 0. The lowest BCUT2D eigenvalue weighted by atomic mass is 9.95. The highest BCUT2D eigenvalue weighted by molar-refractivity contribution is 5.75. The zero-order valence-electron chi connectivity index (χ0n) is 19.3. The Bertz CT molecular complexity index is 737. The third-order valence-electron chi connectivity index (χ3n) is 5.20. The van der Waals surface area contributed by atoms with Crippen molar-refractivity contribution in [1.82, 2.24) is 10.6 Å². The smallest absolute Gasteiger partial charge is 0.317 e. The van der Waals surface area contributed by atoms with E-state index in [0.717, 1.165) is 52.9 Å². The van der Waals surface area contributed by atoms with Crippen molar-refractivity contribution in [2.45, 2.75) is 96.5 Å². The molecule has 0 unspecified atom stereocenters. The van der Waals surface area contributed by atoms with Gasteiger partial charge >= 0.3 is 29.9 Å². The Kier molecular flexibility index (Phi) is 9.89. The summed E-state index contributed by atoms with van der Waals surface area (Å²) in [5.74, 6) is -2.82. The van der Waals surface area contributed by atoms with Crippen LogP contribution in [0.25, 0.3) is 0 Å². The maximum atomic E-state index is 12.7. The number of carbonyl (C=O) groups is 5. The van der Waals surface area contributed by atoms with Crippen molar-refractivity contribution in [3.8, 4) is 0 Å². The first-order valence-corrected chi connectivity index (χ1v) is 10.9. The third-order valence-corrected chi connectivity index (χ3v) is 5.20. The number of amides is 2. The summed E-state index contributed by atoms with van der Waals surface area (Å²) in [6, 6.07) is -0.577. The van der Waals surface area contributed by atoms with Gasteiger partial charge in [0.15, 0.2) is 24.5 Å². The van der Waals surface area contributed by atoms with Gasteiger partial charge in [-0.15, -0.1) is 0 Å². The Morgan fingerprint density at radius 1 is 0.727 bits per heavy atom. The summed E-state index contributed by atoms with van der Waals surface area (Å²) in [7, 11) is 0. The van der Waals surface area contributed by atoms with E-state index < -0.39 is 60.6 Å². The quantitative estimate of drug-likeness (QED) is 0.399. The van der Waals surface area contributed by atoms with Crippen molar-refractivity contribution in [2.75, 3.05) is 6.61 Å². The van der Waals surface area contributed by atoms with E-state index in [4.69, 9.17) is 23.7 Å². The number of nitrogens with one attached hydrogen (secondary N) is 2. The Morgan fingerprint density at radius 3 is 1.82 bits per heavy atom. The molecule has 1 saturated heterocycles. The highest BCUT2D eigenvalue weighted by Gasteiger charge is 2.52. The highest BCUT2D eigenvalue weighted by atomic mass is 16.7. The molecule has 0 aromatic heterocycles. The molecule has 0 bridgehead atoms. The van der Waals surface area contributed by atoms with Crippen molar-refractivity contribution >= 4 is 29.9 Å². The molecule has 1 saturated carbocycles. The molecule has 1 heterocycles. The molecule has 1 aliphatic heterocycles. The van der Waals surface area contributed by atoms with Crippen LogP contribution < -0.4 is 10.6 Å². The van der Waals surface area contributed by atoms with Gasteiger partial charge in [0.05, 0.1) is 0 Å². The van der Waals surface area contributed by atoms with Gasteiger partial charge in [-0.2, -0.15) is 0 Å². The van der Waals surface area contributed by atoms with Gasteiger partial charge in [-0.3, -0.25) is 19.2 Å². The van der Waals surface area contributed by atoms with Crippen LogP contribution in [0.15, 0.2) is 0 Å². The molecule has 1 aliphatic carbocycles. The van der Waals surface area contributed by atoms with Gasteiger partial charge < -0.3 is 34.3 Å². The van der Waals surface area contributed by atoms with Crippen LogP contribution in [0.4, 0.5) is 4.79 Å². The van der Waals surface area contributed by atoms with Crippen molar-refractivity contribution < 1.29 is 47.7 Å². The maximum absolute atomic E-state index is 12.7. The molecule has 0 aromatic rings. The molecule has 5 atom stereocenters. The first-order valence-electron chi connectivity index (χ1n) is 10.9. The van der Waals surface area contributed by atoms with Crippen molar-refractivity contribution in [3.63, 3.8) is 0 Å². The molecule has 2 amide bonds.